The van der Waals surface area contributed by atoms with E-state index >= 15 is 0 Å². The molecule has 0 radical (unpaired) electrons. The van der Waals surface area contributed by atoms with E-state index in [1.807, 2.05) is 0 Å². The molecular weight excluding hydrogens is 256 g/mol. The van der Waals surface area contributed by atoms with E-state index in [9.17, 15) is 0 Å². The lowest BCUT2D eigenvalue weighted by Crippen LogP contribution is -2.51. The van der Waals surface area contributed by atoms with Crippen LogP contribution in [-0.2, 0) is 0 Å². The Morgan fingerprint density at radius 1 is 0.619 bits per heavy atom. The first-order valence-corrected chi connectivity index (χ1v) is 9.97. The van der Waals surface area contributed by atoms with Crippen LogP contribution in [0, 0.1) is 11.8 Å². The quantitative estimate of drug-likeness (QED) is 0.673. The standard InChI is InChI=1S/C19H34N2/c1-3-7-11-15-16(12-8-4-1)18-19(20-18)21-14-10-6-2-5-9-13-17(15)21/h15-20H,1-14H2. The van der Waals surface area contributed by atoms with E-state index in [-0.39, 0.29) is 0 Å². The Morgan fingerprint density at radius 2 is 1.24 bits per heavy atom. The lowest BCUT2D eigenvalue weighted by Gasteiger charge is -2.44. The second-order valence-corrected chi connectivity index (χ2v) is 8.17. The highest BCUT2D eigenvalue weighted by Crippen LogP contribution is 2.46. The molecule has 0 amide bonds. The highest BCUT2D eigenvalue weighted by atomic mass is 15.4. The first kappa shape index (κ1) is 14.5. The molecule has 0 bridgehead atoms. The Kier molecular flexibility index (Phi) is 4.55. The van der Waals surface area contributed by atoms with E-state index in [2.05, 4.69) is 10.2 Å². The number of piperidine rings is 1. The lowest BCUT2D eigenvalue weighted by atomic mass is 9.73. The van der Waals surface area contributed by atoms with Crippen molar-refractivity contribution in [3.8, 4) is 0 Å². The number of nitrogens with one attached hydrogen (secondary N) is 1. The van der Waals surface area contributed by atoms with E-state index in [0.717, 1.165) is 30.1 Å². The van der Waals surface area contributed by atoms with Gasteiger partial charge in [-0.2, -0.15) is 0 Å². The van der Waals surface area contributed by atoms with Gasteiger partial charge in [0.25, 0.3) is 0 Å². The second kappa shape index (κ2) is 6.58. The molecule has 5 atom stereocenters. The molecule has 3 heterocycles. The van der Waals surface area contributed by atoms with E-state index in [1.165, 1.54) is 90.0 Å². The van der Waals surface area contributed by atoms with Crippen LogP contribution in [0.1, 0.15) is 83.5 Å². The smallest absolute Gasteiger partial charge is 0.0764 e. The fourth-order valence-corrected chi connectivity index (χ4v) is 5.76. The predicted octanol–water partition coefficient (Wildman–Crippen LogP) is 4.30. The molecule has 3 saturated heterocycles. The number of hydrogen-bond donors (Lipinski definition) is 1. The molecule has 0 spiro atoms. The summed E-state index contributed by atoms with van der Waals surface area (Å²) >= 11 is 0. The van der Waals surface area contributed by atoms with Gasteiger partial charge in [0.05, 0.1) is 6.17 Å². The van der Waals surface area contributed by atoms with Crippen molar-refractivity contribution in [1.29, 1.82) is 0 Å². The van der Waals surface area contributed by atoms with Gasteiger partial charge in [0.2, 0.25) is 0 Å². The minimum absolute atomic E-state index is 0.773. The van der Waals surface area contributed by atoms with Gasteiger partial charge in [0.1, 0.15) is 0 Å². The van der Waals surface area contributed by atoms with Crippen LogP contribution in [0.3, 0.4) is 0 Å². The SMILES string of the molecule is C1CCCC2C(CCC1)C1CCCCCCCN1C1NC21. The third-order valence-electron chi connectivity index (χ3n) is 6.87. The molecular formula is C19H34N2. The summed E-state index contributed by atoms with van der Waals surface area (Å²) in [5.41, 5.74) is 0. The van der Waals surface area contributed by atoms with Crippen molar-refractivity contribution in [3.05, 3.63) is 0 Å². The second-order valence-electron chi connectivity index (χ2n) is 8.17. The van der Waals surface area contributed by atoms with Crippen LogP contribution in [0.15, 0.2) is 0 Å². The molecule has 120 valence electrons. The minimum atomic E-state index is 0.773. The fourth-order valence-electron chi connectivity index (χ4n) is 5.76. The van der Waals surface area contributed by atoms with Gasteiger partial charge in [0.15, 0.2) is 0 Å². The van der Waals surface area contributed by atoms with Crippen LogP contribution in [-0.4, -0.2) is 29.7 Å². The van der Waals surface area contributed by atoms with Gasteiger partial charge < -0.3 is 0 Å². The molecule has 0 aromatic rings. The van der Waals surface area contributed by atoms with Crippen molar-refractivity contribution in [2.24, 2.45) is 11.8 Å². The zero-order valence-corrected chi connectivity index (χ0v) is 13.7. The predicted molar refractivity (Wildman–Crippen MR) is 88.2 cm³/mol. The number of rotatable bonds is 0. The highest BCUT2D eigenvalue weighted by Gasteiger charge is 2.56. The maximum absolute atomic E-state index is 3.89. The Balaban J connectivity index is 1.54. The summed E-state index contributed by atoms with van der Waals surface area (Å²) in [5, 5.41) is 3.89. The van der Waals surface area contributed by atoms with Gasteiger partial charge >= 0.3 is 0 Å². The fraction of sp³-hybridized carbons (Fsp3) is 1.00. The van der Waals surface area contributed by atoms with Crippen molar-refractivity contribution in [3.63, 3.8) is 0 Å². The number of nitrogens with zero attached hydrogens (tertiary/aromatic N) is 1. The summed E-state index contributed by atoms with van der Waals surface area (Å²) in [6.45, 7) is 1.38. The van der Waals surface area contributed by atoms with Gasteiger partial charge in [0, 0.05) is 12.1 Å². The van der Waals surface area contributed by atoms with Crippen LogP contribution < -0.4 is 5.32 Å². The molecule has 4 rings (SSSR count). The first-order valence-electron chi connectivity index (χ1n) is 9.97. The molecule has 5 unspecified atom stereocenters. The highest BCUT2D eigenvalue weighted by molar-refractivity contribution is 5.11. The maximum atomic E-state index is 3.89. The van der Waals surface area contributed by atoms with Crippen LogP contribution in [0.4, 0.5) is 0 Å². The third-order valence-corrected chi connectivity index (χ3v) is 6.87. The largest absolute Gasteiger partial charge is 0.294 e. The van der Waals surface area contributed by atoms with E-state index < -0.39 is 0 Å². The van der Waals surface area contributed by atoms with E-state index in [1.54, 1.807) is 0 Å². The van der Waals surface area contributed by atoms with Crippen molar-refractivity contribution in [2.45, 2.75) is 102 Å². The molecule has 1 saturated carbocycles. The van der Waals surface area contributed by atoms with Crippen LogP contribution in [0.5, 0.6) is 0 Å². The molecule has 1 aliphatic carbocycles. The van der Waals surface area contributed by atoms with Gasteiger partial charge in [-0.25, -0.2) is 0 Å². The summed E-state index contributed by atoms with van der Waals surface area (Å²) in [7, 11) is 0. The molecule has 0 aromatic heterocycles. The lowest BCUT2D eigenvalue weighted by molar-refractivity contribution is 0.0421. The van der Waals surface area contributed by atoms with E-state index in [4.69, 9.17) is 0 Å². The molecule has 4 fully saturated rings. The van der Waals surface area contributed by atoms with Crippen molar-refractivity contribution in [1.82, 2.24) is 10.2 Å². The van der Waals surface area contributed by atoms with E-state index in [0.29, 0.717) is 0 Å². The van der Waals surface area contributed by atoms with Crippen molar-refractivity contribution < 1.29 is 0 Å². The zero-order valence-electron chi connectivity index (χ0n) is 13.7. The molecule has 4 aliphatic rings. The molecule has 1 N–H and O–H groups in total. The third kappa shape index (κ3) is 3.03. The first-order chi connectivity index (χ1) is 10.4. The average molecular weight is 290 g/mol. The monoisotopic (exact) mass is 290 g/mol. The van der Waals surface area contributed by atoms with Crippen LogP contribution in [0.2, 0.25) is 0 Å². The Bertz CT molecular complexity index is 310. The van der Waals surface area contributed by atoms with Crippen LogP contribution >= 0.6 is 0 Å². The maximum Gasteiger partial charge on any atom is 0.0764 e. The van der Waals surface area contributed by atoms with Crippen molar-refractivity contribution in [2.75, 3.05) is 6.54 Å². The van der Waals surface area contributed by atoms with Gasteiger partial charge in [-0.15, -0.1) is 0 Å². The molecule has 0 aromatic carbocycles. The topological polar surface area (TPSA) is 25.2 Å². The molecule has 21 heavy (non-hydrogen) atoms. The van der Waals surface area contributed by atoms with Crippen molar-refractivity contribution >= 4 is 0 Å². The summed E-state index contributed by atoms with van der Waals surface area (Å²) in [6, 6.07) is 1.78. The van der Waals surface area contributed by atoms with Gasteiger partial charge in [-0.05, 0) is 44.1 Å². The van der Waals surface area contributed by atoms with Gasteiger partial charge in [-0.3, -0.25) is 10.2 Å². The summed E-state index contributed by atoms with van der Waals surface area (Å²) in [6.07, 6.45) is 20.2. The average Bonchev–Trinajstić information content (AvgIpc) is 3.23. The zero-order chi connectivity index (χ0) is 14.1. The Hall–Kier alpha value is -0.0800. The molecule has 2 nitrogen and oxygen atoms in total. The summed E-state index contributed by atoms with van der Waals surface area (Å²) < 4.78 is 0. The normalized spacial score (nSPS) is 45.4. The summed E-state index contributed by atoms with van der Waals surface area (Å²) in [4.78, 5) is 2.93. The van der Waals surface area contributed by atoms with Crippen LogP contribution in [0.25, 0.3) is 0 Å². The summed E-state index contributed by atoms with van der Waals surface area (Å²) in [5.74, 6) is 2.02. The number of hydrogen-bond acceptors (Lipinski definition) is 2. The Labute approximate surface area is 131 Å². The Morgan fingerprint density at radius 3 is 2.05 bits per heavy atom. The molecule has 3 aliphatic heterocycles. The molecule has 2 heteroatoms. The minimum Gasteiger partial charge on any atom is -0.294 e. The van der Waals surface area contributed by atoms with Gasteiger partial charge in [-0.1, -0.05) is 57.8 Å². The number of fused-ring (bicyclic) bond motifs is 6.